The van der Waals surface area contributed by atoms with Gasteiger partial charge in [-0.1, -0.05) is 25.8 Å². The lowest BCUT2D eigenvalue weighted by molar-refractivity contribution is -0.128. The fraction of sp³-hybridized carbons (Fsp3) is 0.833. The molecule has 3 saturated carbocycles. The monoisotopic (exact) mass is 274 g/mol. The lowest BCUT2D eigenvalue weighted by atomic mass is 9.53. The number of aliphatic hydroxyl groups is 1. The molecule has 1 N–H and O–H groups in total. The van der Waals surface area contributed by atoms with Crippen LogP contribution in [0.2, 0.25) is 0 Å². The van der Waals surface area contributed by atoms with Crippen LogP contribution in [0.25, 0.3) is 0 Å². The van der Waals surface area contributed by atoms with Gasteiger partial charge < -0.3 is 5.11 Å². The Balaban J connectivity index is 1.74. The molecule has 0 heterocycles. The normalized spacial score (nSPS) is 51.0. The van der Waals surface area contributed by atoms with E-state index in [2.05, 4.69) is 13.0 Å². The third-order valence-electron chi connectivity index (χ3n) is 7.13. The molecular weight excluding hydrogens is 248 g/mol. The quantitative estimate of drug-likeness (QED) is 0.685. The van der Waals surface area contributed by atoms with E-state index in [-0.39, 0.29) is 5.41 Å². The Kier molecular flexibility index (Phi) is 2.74. The first-order valence-corrected chi connectivity index (χ1v) is 8.52. The molecule has 0 aromatic heterocycles. The Hall–Kier alpha value is -0.630. The molecule has 4 aliphatic carbocycles. The summed E-state index contributed by atoms with van der Waals surface area (Å²) in [5.41, 5.74) is 0.700. The van der Waals surface area contributed by atoms with Crippen LogP contribution in [0.5, 0.6) is 0 Å². The molecule has 0 aromatic rings. The summed E-state index contributed by atoms with van der Waals surface area (Å²) in [6, 6.07) is 0. The average Bonchev–Trinajstić information content (AvgIpc) is 2.74. The van der Waals surface area contributed by atoms with Crippen molar-refractivity contribution in [3.63, 3.8) is 0 Å². The summed E-state index contributed by atoms with van der Waals surface area (Å²) < 4.78 is 0. The number of ketones is 1. The second-order valence-electron chi connectivity index (χ2n) is 7.90. The Morgan fingerprint density at radius 1 is 1.20 bits per heavy atom. The van der Waals surface area contributed by atoms with Gasteiger partial charge in [-0.15, -0.1) is 0 Å². The summed E-state index contributed by atoms with van der Waals surface area (Å²) in [5.74, 6) is 1.94. The number of rotatable bonds is 0. The molecule has 2 nitrogen and oxygen atoms in total. The predicted octanol–water partition coefficient (Wildman–Crippen LogP) is 3.63. The van der Waals surface area contributed by atoms with Gasteiger partial charge >= 0.3 is 0 Å². The van der Waals surface area contributed by atoms with Crippen LogP contribution in [0.15, 0.2) is 11.6 Å². The third-order valence-corrected chi connectivity index (χ3v) is 7.13. The van der Waals surface area contributed by atoms with Gasteiger partial charge in [-0.2, -0.15) is 0 Å². The fourth-order valence-corrected chi connectivity index (χ4v) is 5.92. The fourth-order valence-electron chi connectivity index (χ4n) is 5.92. The number of carbonyl (C=O) groups is 1. The summed E-state index contributed by atoms with van der Waals surface area (Å²) in [4.78, 5) is 12.3. The molecular formula is C18H26O2. The van der Waals surface area contributed by atoms with Crippen LogP contribution in [0.3, 0.4) is 0 Å². The van der Waals surface area contributed by atoms with Gasteiger partial charge in [0.2, 0.25) is 0 Å². The summed E-state index contributed by atoms with van der Waals surface area (Å²) >= 11 is 0. The van der Waals surface area contributed by atoms with Crippen LogP contribution in [-0.4, -0.2) is 16.5 Å². The van der Waals surface area contributed by atoms with Crippen molar-refractivity contribution in [2.45, 2.75) is 70.3 Å². The lowest BCUT2D eigenvalue weighted by Gasteiger charge is -2.53. The molecule has 2 heteroatoms. The van der Waals surface area contributed by atoms with Crippen molar-refractivity contribution in [1.29, 1.82) is 0 Å². The van der Waals surface area contributed by atoms with Crippen molar-refractivity contribution in [3.8, 4) is 0 Å². The molecule has 0 bridgehead atoms. The molecule has 0 saturated heterocycles. The molecule has 4 rings (SSSR count). The Bertz CT molecular complexity index is 480. The standard InChI is InChI=1S/C18H26O2/c1-17-11-9-15-13(14(17)7-8-16(17)19)6-5-12-4-2-3-10-18(12,15)20/h9,12-14,20H,2-8,10-11H2,1H3/t12?,13-,14-,17-,18-/m0/s1. The number of hydrogen-bond acceptors (Lipinski definition) is 2. The van der Waals surface area contributed by atoms with Gasteiger partial charge in [-0.3, -0.25) is 4.79 Å². The Labute approximate surface area is 121 Å². The molecule has 4 aliphatic rings. The van der Waals surface area contributed by atoms with E-state index < -0.39 is 5.60 Å². The van der Waals surface area contributed by atoms with E-state index in [1.54, 1.807) is 0 Å². The minimum atomic E-state index is -0.520. The molecule has 0 spiro atoms. The molecule has 3 fully saturated rings. The van der Waals surface area contributed by atoms with Crippen molar-refractivity contribution in [2.75, 3.05) is 0 Å². The average molecular weight is 274 g/mol. The summed E-state index contributed by atoms with van der Waals surface area (Å²) in [5, 5.41) is 11.3. The first-order valence-electron chi connectivity index (χ1n) is 8.52. The SMILES string of the molecule is C[C@]12CC=C3[C@@H](CCC4CCCC[C@@]34O)[C@@H]1CCC2=O. The summed E-state index contributed by atoms with van der Waals surface area (Å²) in [6.07, 6.45) is 11.9. The highest BCUT2D eigenvalue weighted by atomic mass is 16.3. The van der Waals surface area contributed by atoms with E-state index in [9.17, 15) is 9.90 Å². The Morgan fingerprint density at radius 2 is 2.05 bits per heavy atom. The highest BCUT2D eigenvalue weighted by Gasteiger charge is 2.57. The van der Waals surface area contributed by atoms with E-state index in [1.165, 1.54) is 31.3 Å². The first kappa shape index (κ1) is 13.1. The Morgan fingerprint density at radius 3 is 2.90 bits per heavy atom. The molecule has 0 aromatic carbocycles. The minimum absolute atomic E-state index is 0.119. The smallest absolute Gasteiger partial charge is 0.139 e. The van der Waals surface area contributed by atoms with E-state index in [0.717, 1.165) is 32.1 Å². The van der Waals surface area contributed by atoms with E-state index in [4.69, 9.17) is 0 Å². The topological polar surface area (TPSA) is 37.3 Å². The highest BCUT2D eigenvalue weighted by molar-refractivity contribution is 5.87. The first-order chi connectivity index (χ1) is 9.56. The second-order valence-corrected chi connectivity index (χ2v) is 7.90. The van der Waals surface area contributed by atoms with Gasteiger partial charge in [-0.25, -0.2) is 0 Å². The van der Waals surface area contributed by atoms with Crippen molar-refractivity contribution in [1.82, 2.24) is 0 Å². The largest absolute Gasteiger partial charge is 0.385 e. The number of allylic oxidation sites excluding steroid dienone is 1. The number of hydrogen-bond donors (Lipinski definition) is 1. The van der Waals surface area contributed by atoms with E-state index in [0.29, 0.717) is 23.5 Å². The zero-order valence-corrected chi connectivity index (χ0v) is 12.5. The highest BCUT2D eigenvalue weighted by Crippen LogP contribution is 2.60. The second kappa shape index (κ2) is 4.19. The molecule has 0 radical (unpaired) electrons. The molecule has 110 valence electrons. The summed E-state index contributed by atoms with van der Waals surface area (Å²) in [7, 11) is 0. The number of Topliss-reactive ketones (excluding diaryl/α,β-unsaturated/α-hetero) is 1. The van der Waals surface area contributed by atoms with Crippen molar-refractivity contribution >= 4 is 5.78 Å². The number of fused-ring (bicyclic) bond motifs is 5. The maximum Gasteiger partial charge on any atom is 0.139 e. The van der Waals surface area contributed by atoms with Crippen LogP contribution in [0, 0.1) is 23.2 Å². The summed E-state index contributed by atoms with van der Waals surface area (Å²) in [6.45, 7) is 2.18. The van der Waals surface area contributed by atoms with Crippen LogP contribution in [0.1, 0.15) is 64.7 Å². The third kappa shape index (κ3) is 1.52. The predicted molar refractivity (Wildman–Crippen MR) is 78.2 cm³/mol. The van der Waals surface area contributed by atoms with Crippen LogP contribution < -0.4 is 0 Å². The van der Waals surface area contributed by atoms with Gasteiger partial charge in [-0.05, 0) is 61.9 Å². The molecule has 0 amide bonds. The van der Waals surface area contributed by atoms with Gasteiger partial charge in [0.15, 0.2) is 0 Å². The lowest BCUT2D eigenvalue weighted by Crippen LogP contribution is -2.52. The zero-order chi connectivity index (χ0) is 14.0. The van der Waals surface area contributed by atoms with Crippen molar-refractivity contribution in [2.24, 2.45) is 23.2 Å². The molecule has 5 atom stereocenters. The minimum Gasteiger partial charge on any atom is -0.385 e. The zero-order valence-electron chi connectivity index (χ0n) is 12.5. The van der Waals surface area contributed by atoms with Gasteiger partial charge in [0.1, 0.15) is 5.78 Å². The van der Waals surface area contributed by atoms with Gasteiger partial charge in [0.25, 0.3) is 0 Å². The maximum absolute atomic E-state index is 12.3. The van der Waals surface area contributed by atoms with E-state index >= 15 is 0 Å². The van der Waals surface area contributed by atoms with Crippen LogP contribution in [-0.2, 0) is 4.79 Å². The van der Waals surface area contributed by atoms with Crippen molar-refractivity contribution < 1.29 is 9.90 Å². The number of carbonyl (C=O) groups excluding carboxylic acids is 1. The van der Waals surface area contributed by atoms with Crippen LogP contribution in [0.4, 0.5) is 0 Å². The molecule has 1 unspecified atom stereocenters. The van der Waals surface area contributed by atoms with Gasteiger partial charge in [0.05, 0.1) is 5.60 Å². The van der Waals surface area contributed by atoms with Crippen LogP contribution >= 0.6 is 0 Å². The maximum atomic E-state index is 12.3. The van der Waals surface area contributed by atoms with E-state index in [1.807, 2.05) is 0 Å². The molecule has 0 aliphatic heterocycles. The molecule has 20 heavy (non-hydrogen) atoms. The van der Waals surface area contributed by atoms with Gasteiger partial charge in [0, 0.05) is 11.8 Å². The van der Waals surface area contributed by atoms with Crippen molar-refractivity contribution in [3.05, 3.63) is 11.6 Å².